The maximum atomic E-state index is 12.4. The van der Waals surface area contributed by atoms with Crippen molar-refractivity contribution in [2.45, 2.75) is 51.4 Å². The van der Waals surface area contributed by atoms with Crippen molar-refractivity contribution >= 4 is 12.2 Å². The maximum absolute atomic E-state index is 12.4. The summed E-state index contributed by atoms with van der Waals surface area (Å²) in [5, 5.41) is 9.64. The smallest absolute Gasteiger partial charge is 0.410 e. The highest BCUT2D eigenvalue weighted by Crippen LogP contribution is 2.35. The second kappa shape index (κ2) is 10.6. The molecule has 0 saturated carbocycles. The van der Waals surface area contributed by atoms with E-state index >= 15 is 0 Å². The van der Waals surface area contributed by atoms with Crippen molar-refractivity contribution in [1.29, 1.82) is 0 Å². The van der Waals surface area contributed by atoms with Gasteiger partial charge < -0.3 is 24.4 Å². The third-order valence-electron chi connectivity index (χ3n) is 6.51. The molecule has 2 amide bonds. The van der Waals surface area contributed by atoms with E-state index in [2.05, 4.69) is 6.92 Å². The summed E-state index contributed by atoms with van der Waals surface area (Å²) >= 11 is 0. The predicted molar refractivity (Wildman–Crippen MR) is 124 cm³/mol. The first-order valence-corrected chi connectivity index (χ1v) is 11.7. The topological polar surface area (TPSA) is 79.3 Å². The summed E-state index contributed by atoms with van der Waals surface area (Å²) in [5.41, 5.74) is 1.95. The summed E-state index contributed by atoms with van der Waals surface area (Å²) < 4.78 is 11.7. The molecule has 0 aromatic heterocycles. The van der Waals surface area contributed by atoms with Crippen LogP contribution in [0.3, 0.4) is 0 Å². The largest absolute Gasteiger partial charge is 0.490 e. The molecule has 0 radical (unpaired) electrons. The summed E-state index contributed by atoms with van der Waals surface area (Å²) in [7, 11) is 0. The van der Waals surface area contributed by atoms with Crippen molar-refractivity contribution in [3.05, 3.63) is 65.7 Å². The first-order chi connectivity index (χ1) is 16.0. The number of carboxylic acid groups (broad SMARTS) is 1. The minimum atomic E-state index is -0.871. The van der Waals surface area contributed by atoms with Gasteiger partial charge in [0.25, 0.3) is 0 Å². The maximum Gasteiger partial charge on any atom is 0.410 e. The highest BCUT2D eigenvalue weighted by atomic mass is 16.6. The van der Waals surface area contributed by atoms with Gasteiger partial charge in [0.1, 0.15) is 18.5 Å². The molecular formula is C26H32N2O5. The van der Waals surface area contributed by atoms with Crippen LogP contribution in [0.1, 0.15) is 49.8 Å². The van der Waals surface area contributed by atoms with Crippen molar-refractivity contribution in [3.63, 3.8) is 0 Å². The van der Waals surface area contributed by atoms with Crippen LogP contribution >= 0.6 is 0 Å². The van der Waals surface area contributed by atoms with E-state index in [0.717, 1.165) is 42.6 Å². The molecule has 0 spiro atoms. The average Bonchev–Trinajstić information content (AvgIpc) is 2.84. The number of rotatable bonds is 5. The van der Waals surface area contributed by atoms with Crippen LogP contribution in [0.2, 0.25) is 0 Å². The van der Waals surface area contributed by atoms with Gasteiger partial charge >= 0.3 is 12.2 Å². The van der Waals surface area contributed by atoms with Crippen molar-refractivity contribution < 1.29 is 24.2 Å². The quantitative estimate of drug-likeness (QED) is 0.664. The van der Waals surface area contributed by atoms with E-state index in [1.807, 2.05) is 54.6 Å². The number of carbonyl (C=O) groups is 2. The standard InChI is InChI=1S/C26H32N2O5/c1-19-10-11-24(28(17-19)25(29)30)21-8-5-9-23(16-21)33-22-12-14-27(15-13-22)26(31)32-18-20-6-3-2-4-7-20/h2-9,16,19,22,24H,10-15,17-18H2,1H3,(H,29,30)/t19-,24+/m0/s1. The van der Waals surface area contributed by atoms with E-state index in [-0.39, 0.29) is 24.8 Å². The molecule has 2 aromatic carbocycles. The molecule has 0 aliphatic carbocycles. The average molecular weight is 453 g/mol. The third-order valence-corrected chi connectivity index (χ3v) is 6.51. The molecule has 2 atom stereocenters. The van der Waals surface area contributed by atoms with Crippen LogP contribution in [-0.2, 0) is 11.3 Å². The first-order valence-electron chi connectivity index (χ1n) is 11.7. The molecule has 1 N–H and O–H groups in total. The molecule has 176 valence electrons. The Kier molecular flexibility index (Phi) is 7.37. The number of hydrogen-bond donors (Lipinski definition) is 1. The zero-order chi connectivity index (χ0) is 23.2. The Bertz CT molecular complexity index is 943. The van der Waals surface area contributed by atoms with Gasteiger partial charge in [-0.1, -0.05) is 49.4 Å². The van der Waals surface area contributed by atoms with E-state index < -0.39 is 6.09 Å². The Labute approximate surface area is 194 Å². The number of piperidine rings is 2. The number of hydrogen-bond acceptors (Lipinski definition) is 4. The fraction of sp³-hybridized carbons (Fsp3) is 0.462. The van der Waals surface area contributed by atoms with Crippen LogP contribution in [0.4, 0.5) is 9.59 Å². The molecule has 33 heavy (non-hydrogen) atoms. The van der Waals surface area contributed by atoms with E-state index in [4.69, 9.17) is 9.47 Å². The lowest BCUT2D eigenvalue weighted by Gasteiger charge is -2.37. The van der Waals surface area contributed by atoms with Crippen molar-refractivity contribution in [1.82, 2.24) is 9.80 Å². The van der Waals surface area contributed by atoms with Crippen LogP contribution in [-0.4, -0.2) is 52.8 Å². The number of amides is 2. The van der Waals surface area contributed by atoms with Crippen LogP contribution < -0.4 is 4.74 Å². The highest BCUT2D eigenvalue weighted by Gasteiger charge is 2.31. The molecule has 2 aliphatic rings. The second-order valence-corrected chi connectivity index (χ2v) is 9.05. The fourth-order valence-electron chi connectivity index (χ4n) is 4.66. The van der Waals surface area contributed by atoms with Gasteiger partial charge in [-0.15, -0.1) is 0 Å². The Morgan fingerprint density at radius 2 is 1.76 bits per heavy atom. The van der Waals surface area contributed by atoms with E-state index in [1.165, 1.54) is 0 Å². The molecular weight excluding hydrogens is 420 g/mol. The second-order valence-electron chi connectivity index (χ2n) is 9.05. The zero-order valence-corrected chi connectivity index (χ0v) is 19.1. The molecule has 2 aromatic rings. The van der Waals surface area contributed by atoms with Gasteiger partial charge in [0, 0.05) is 32.5 Å². The summed E-state index contributed by atoms with van der Waals surface area (Å²) in [6.07, 6.45) is 2.14. The summed E-state index contributed by atoms with van der Waals surface area (Å²) in [6, 6.07) is 17.3. The van der Waals surface area contributed by atoms with Gasteiger partial charge in [-0.25, -0.2) is 9.59 Å². The van der Waals surface area contributed by atoms with E-state index in [9.17, 15) is 14.7 Å². The van der Waals surface area contributed by atoms with E-state index in [1.54, 1.807) is 9.80 Å². The monoisotopic (exact) mass is 452 g/mol. The lowest BCUT2D eigenvalue weighted by Crippen LogP contribution is -2.42. The Morgan fingerprint density at radius 1 is 1.00 bits per heavy atom. The molecule has 0 bridgehead atoms. The Hall–Kier alpha value is -3.22. The molecule has 2 fully saturated rings. The lowest BCUT2D eigenvalue weighted by molar-refractivity contribution is 0.0635. The number of carbonyl (C=O) groups excluding carboxylic acids is 1. The number of benzene rings is 2. The minimum absolute atomic E-state index is 0.0142. The Morgan fingerprint density at radius 3 is 2.48 bits per heavy atom. The summed E-state index contributed by atoms with van der Waals surface area (Å²) in [4.78, 5) is 27.4. The van der Waals surface area contributed by atoms with Crippen LogP contribution in [0.5, 0.6) is 5.75 Å². The normalized spacial score (nSPS) is 21.5. The lowest BCUT2D eigenvalue weighted by atomic mass is 9.90. The zero-order valence-electron chi connectivity index (χ0n) is 19.1. The van der Waals surface area contributed by atoms with Crippen molar-refractivity contribution in [2.75, 3.05) is 19.6 Å². The molecule has 2 heterocycles. The molecule has 2 aliphatic heterocycles. The molecule has 7 nitrogen and oxygen atoms in total. The highest BCUT2D eigenvalue weighted by molar-refractivity contribution is 5.67. The van der Waals surface area contributed by atoms with Crippen LogP contribution in [0.25, 0.3) is 0 Å². The minimum Gasteiger partial charge on any atom is -0.490 e. The molecule has 4 rings (SSSR count). The summed E-state index contributed by atoms with van der Waals surface area (Å²) in [5.74, 6) is 1.13. The molecule has 2 saturated heterocycles. The van der Waals surface area contributed by atoms with Gasteiger partial charge in [0.15, 0.2) is 0 Å². The number of likely N-dealkylation sites (tertiary alicyclic amines) is 2. The van der Waals surface area contributed by atoms with Crippen LogP contribution in [0, 0.1) is 5.92 Å². The third kappa shape index (κ3) is 5.97. The SMILES string of the molecule is C[C@H]1CC[C@H](c2cccc(OC3CCN(C(=O)OCc4ccccc4)CC3)c2)N(C(=O)O)C1. The number of nitrogens with zero attached hydrogens (tertiary/aromatic N) is 2. The molecule has 0 unspecified atom stereocenters. The van der Waals surface area contributed by atoms with Gasteiger partial charge in [0.05, 0.1) is 6.04 Å². The van der Waals surface area contributed by atoms with E-state index in [0.29, 0.717) is 25.6 Å². The van der Waals surface area contributed by atoms with Crippen molar-refractivity contribution in [3.8, 4) is 5.75 Å². The van der Waals surface area contributed by atoms with Crippen LogP contribution in [0.15, 0.2) is 54.6 Å². The fourth-order valence-corrected chi connectivity index (χ4v) is 4.66. The Balaban J connectivity index is 1.29. The van der Waals surface area contributed by atoms with Gasteiger partial charge in [-0.2, -0.15) is 0 Å². The predicted octanol–water partition coefficient (Wildman–Crippen LogP) is 5.32. The van der Waals surface area contributed by atoms with Crippen molar-refractivity contribution in [2.24, 2.45) is 5.92 Å². The first kappa shape index (κ1) is 23.0. The van der Waals surface area contributed by atoms with Gasteiger partial charge in [0.2, 0.25) is 0 Å². The van der Waals surface area contributed by atoms with Gasteiger partial charge in [-0.3, -0.25) is 0 Å². The summed E-state index contributed by atoms with van der Waals surface area (Å²) in [6.45, 7) is 4.10. The number of ether oxygens (including phenoxy) is 2. The van der Waals surface area contributed by atoms with Gasteiger partial charge in [-0.05, 0) is 42.0 Å². The molecule has 7 heteroatoms.